The molecule has 0 aliphatic carbocycles. The molecule has 1 aromatic carbocycles. The van der Waals surface area contributed by atoms with Crippen LogP contribution in [-0.2, 0) is 6.18 Å². The summed E-state index contributed by atoms with van der Waals surface area (Å²) >= 11 is 5.87. The highest BCUT2D eigenvalue weighted by atomic mass is 35.5. The summed E-state index contributed by atoms with van der Waals surface area (Å²) in [4.78, 5) is 3.90. The minimum atomic E-state index is -4.48. The third-order valence-electron chi connectivity index (χ3n) is 2.62. The van der Waals surface area contributed by atoms with E-state index in [9.17, 15) is 13.2 Å². The quantitative estimate of drug-likeness (QED) is 0.911. The normalized spacial score (nSPS) is 11.4. The summed E-state index contributed by atoms with van der Waals surface area (Å²) in [5, 5.41) is 0.358. The molecular weight excluding hydrogens is 293 g/mol. The summed E-state index contributed by atoms with van der Waals surface area (Å²) in [5.74, 6) is 0.144. The standard InChI is InChI=1S/C13H10ClF3N2O/c1-20-11-4-7(2-3-9(11)14)10-5-8(13(15,16)17)6-12(18)19-10/h2-6H,1H3,(H2,18,19). The van der Waals surface area contributed by atoms with Gasteiger partial charge in [0.05, 0.1) is 23.4 Å². The Labute approximate surface area is 118 Å². The number of anilines is 1. The summed E-state index contributed by atoms with van der Waals surface area (Å²) in [5.41, 5.74) is 5.11. The van der Waals surface area contributed by atoms with Crippen LogP contribution in [0.4, 0.5) is 19.0 Å². The summed E-state index contributed by atoms with van der Waals surface area (Å²) in [6, 6.07) is 6.29. The number of rotatable bonds is 2. The molecule has 1 aromatic heterocycles. The molecule has 0 aliphatic rings. The molecule has 0 unspecified atom stereocenters. The fourth-order valence-electron chi connectivity index (χ4n) is 1.68. The molecular formula is C13H10ClF3N2O. The molecule has 2 rings (SSSR count). The average molecular weight is 303 g/mol. The number of hydrogen-bond acceptors (Lipinski definition) is 3. The molecule has 20 heavy (non-hydrogen) atoms. The van der Waals surface area contributed by atoms with E-state index in [1.807, 2.05) is 0 Å². The third kappa shape index (κ3) is 2.96. The molecule has 0 saturated carbocycles. The fraction of sp³-hybridized carbons (Fsp3) is 0.154. The number of methoxy groups -OCH3 is 1. The van der Waals surface area contributed by atoms with E-state index in [2.05, 4.69) is 4.98 Å². The van der Waals surface area contributed by atoms with Crippen LogP contribution in [0.5, 0.6) is 5.75 Å². The smallest absolute Gasteiger partial charge is 0.416 e. The van der Waals surface area contributed by atoms with Crippen molar-refractivity contribution in [1.82, 2.24) is 4.98 Å². The van der Waals surface area contributed by atoms with E-state index < -0.39 is 11.7 Å². The van der Waals surface area contributed by atoms with Crippen LogP contribution in [0.1, 0.15) is 5.56 Å². The van der Waals surface area contributed by atoms with Gasteiger partial charge in [0.25, 0.3) is 0 Å². The van der Waals surface area contributed by atoms with Gasteiger partial charge >= 0.3 is 6.18 Å². The molecule has 2 N–H and O–H groups in total. The molecule has 0 fully saturated rings. The second-order valence-electron chi connectivity index (χ2n) is 4.01. The molecule has 106 valence electrons. The molecule has 2 aromatic rings. The number of alkyl halides is 3. The van der Waals surface area contributed by atoms with Crippen molar-refractivity contribution in [3.63, 3.8) is 0 Å². The first-order chi connectivity index (χ1) is 9.31. The molecule has 0 spiro atoms. The Balaban J connectivity index is 2.55. The zero-order valence-corrected chi connectivity index (χ0v) is 11.1. The lowest BCUT2D eigenvalue weighted by Crippen LogP contribution is -2.07. The minimum Gasteiger partial charge on any atom is -0.495 e. The van der Waals surface area contributed by atoms with Gasteiger partial charge in [0.1, 0.15) is 11.6 Å². The van der Waals surface area contributed by atoms with Crippen LogP contribution in [0.25, 0.3) is 11.3 Å². The SMILES string of the molecule is COc1cc(-c2cc(C(F)(F)F)cc(N)n2)ccc1Cl. The second-order valence-corrected chi connectivity index (χ2v) is 4.42. The Morgan fingerprint density at radius 1 is 1.20 bits per heavy atom. The van der Waals surface area contributed by atoms with Gasteiger partial charge in [-0.1, -0.05) is 17.7 Å². The van der Waals surface area contributed by atoms with E-state index in [0.29, 0.717) is 16.3 Å². The molecule has 1 heterocycles. The van der Waals surface area contributed by atoms with E-state index in [-0.39, 0.29) is 11.5 Å². The summed E-state index contributed by atoms with van der Waals surface area (Å²) < 4.78 is 43.3. The predicted molar refractivity (Wildman–Crippen MR) is 70.6 cm³/mol. The molecule has 0 atom stereocenters. The lowest BCUT2D eigenvalue weighted by Gasteiger charge is -2.11. The molecule has 3 nitrogen and oxygen atoms in total. The highest BCUT2D eigenvalue weighted by Gasteiger charge is 2.31. The van der Waals surface area contributed by atoms with Gasteiger partial charge < -0.3 is 10.5 Å². The maximum Gasteiger partial charge on any atom is 0.416 e. The van der Waals surface area contributed by atoms with E-state index in [1.54, 1.807) is 6.07 Å². The van der Waals surface area contributed by atoms with Crippen molar-refractivity contribution in [2.75, 3.05) is 12.8 Å². The number of aromatic nitrogens is 1. The molecule has 0 bridgehead atoms. The summed E-state index contributed by atoms with van der Waals surface area (Å²) in [6.07, 6.45) is -4.48. The first-order valence-electron chi connectivity index (χ1n) is 5.50. The number of nitrogens with zero attached hydrogens (tertiary/aromatic N) is 1. The lowest BCUT2D eigenvalue weighted by molar-refractivity contribution is -0.137. The van der Waals surface area contributed by atoms with Crippen molar-refractivity contribution < 1.29 is 17.9 Å². The van der Waals surface area contributed by atoms with Gasteiger partial charge in [-0.2, -0.15) is 13.2 Å². The van der Waals surface area contributed by atoms with Crippen molar-refractivity contribution in [2.45, 2.75) is 6.18 Å². The van der Waals surface area contributed by atoms with Crippen LogP contribution in [-0.4, -0.2) is 12.1 Å². The van der Waals surface area contributed by atoms with Crippen molar-refractivity contribution in [3.8, 4) is 17.0 Å². The Morgan fingerprint density at radius 2 is 1.90 bits per heavy atom. The number of nitrogen functional groups attached to an aromatic ring is 1. The third-order valence-corrected chi connectivity index (χ3v) is 2.93. The van der Waals surface area contributed by atoms with Gasteiger partial charge in [-0.25, -0.2) is 4.98 Å². The van der Waals surface area contributed by atoms with E-state index >= 15 is 0 Å². The lowest BCUT2D eigenvalue weighted by atomic mass is 10.1. The van der Waals surface area contributed by atoms with Crippen LogP contribution in [0, 0.1) is 0 Å². The van der Waals surface area contributed by atoms with Gasteiger partial charge in [0, 0.05) is 5.56 Å². The van der Waals surface area contributed by atoms with Crippen LogP contribution in [0.2, 0.25) is 5.02 Å². The number of hydrogen-bond donors (Lipinski definition) is 1. The molecule has 7 heteroatoms. The maximum atomic E-state index is 12.7. The molecule has 0 aliphatic heterocycles. The first-order valence-corrected chi connectivity index (χ1v) is 5.87. The summed E-state index contributed by atoms with van der Waals surface area (Å²) in [6.45, 7) is 0. The van der Waals surface area contributed by atoms with Crippen molar-refractivity contribution in [3.05, 3.63) is 40.9 Å². The number of nitrogens with two attached hydrogens (primary N) is 1. The van der Waals surface area contributed by atoms with Crippen molar-refractivity contribution in [2.24, 2.45) is 0 Å². The first kappa shape index (κ1) is 14.5. The molecule has 0 radical (unpaired) electrons. The van der Waals surface area contributed by atoms with E-state index in [4.69, 9.17) is 22.1 Å². The highest BCUT2D eigenvalue weighted by Crippen LogP contribution is 2.34. The monoisotopic (exact) mass is 302 g/mol. The average Bonchev–Trinajstić information content (AvgIpc) is 2.37. The van der Waals surface area contributed by atoms with Crippen LogP contribution < -0.4 is 10.5 Å². The fourth-order valence-corrected chi connectivity index (χ4v) is 1.88. The number of pyridine rings is 1. The topological polar surface area (TPSA) is 48.1 Å². The molecule has 0 saturated heterocycles. The Kier molecular flexibility index (Phi) is 3.76. The second kappa shape index (κ2) is 5.20. The van der Waals surface area contributed by atoms with Gasteiger partial charge in [0.2, 0.25) is 0 Å². The number of ether oxygens (including phenoxy) is 1. The zero-order valence-electron chi connectivity index (χ0n) is 10.3. The Morgan fingerprint density at radius 3 is 2.50 bits per heavy atom. The zero-order chi connectivity index (χ0) is 14.9. The van der Waals surface area contributed by atoms with Gasteiger partial charge in [-0.15, -0.1) is 0 Å². The van der Waals surface area contributed by atoms with Gasteiger partial charge in [0.15, 0.2) is 0 Å². The maximum absolute atomic E-state index is 12.7. The molecule has 0 amide bonds. The van der Waals surface area contributed by atoms with Gasteiger partial charge in [-0.05, 0) is 24.3 Å². The Hall–Kier alpha value is -1.95. The Bertz CT molecular complexity index is 644. The number of halogens is 4. The number of benzene rings is 1. The van der Waals surface area contributed by atoms with Crippen LogP contribution >= 0.6 is 11.6 Å². The largest absolute Gasteiger partial charge is 0.495 e. The predicted octanol–water partition coefficient (Wildman–Crippen LogP) is 4.01. The van der Waals surface area contributed by atoms with Crippen molar-refractivity contribution >= 4 is 17.4 Å². The van der Waals surface area contributed by atoms with Gasteiger partial charge in [-0.3, -0.25) is 0 Å². The van der Waals surface area contributed by atoms with Crippen LogP contribution in [0.3, 0.4) is 0 Å². The van der Waals surface area contributed by atoms with E-state index in [1.165, 1.54) is 19.2 Å². The van der Waals surface area contributed by atoms with E-state index in [0.717, 1.165) is 12.1 Å². The highest BCUT2D eigenvalue weighted by molar-refractivity contribution is 6.32. The minimum absolute atomic E-state index is 0.104. The van der Waals surface area contributed by atoms with Crippen LogP contribution in [0.15, 0.2) is 30.3 Å². The summed E-state index contributed by atoms with van der Waals surface area (Å²) in [7, 11) is 1.42. The van der Waals surface area contributed by atoms with Crippen molar-refractivity contribution in [1.29, 1.82) is 0 Å².